The van der Waals surface area contributed by atoms with Crippen molar-refractivity contribution in [1.29, 1.82) is 0 Å². The van der Waals surface area contributed by atoms with Gasteiger partial charge in [-0.15, -0.1) is 0 Å². The van der Waals surface area contributed by atoms with E-state index in [2.05, 4.69) is 15.8 Å². The fourth-order valence-corrected chi connectivity index (χ4v) is 1.30. The predicted molar refractivity (Wildman–Crippen MR) is 59.3 cm³/mol. The number of primary amides is 1. The van der Waals surface area contributed by atoms with Crippen LogP contribution in [-0.2, 0) is 10.9 Å². The first-order valence-corrected chi connectivity index (χ1v) is 5.28. The average Bonchev–Trinajstić information content (AvgIpc) is 2.32. The van der Waals surface area contributed by atoms with Crippen molar-refractivity contribution in [3.8, 4) is 0 Å². The fraction of sp³-hybridized carbons (Fsp3) is 0.273. The smallest absolute Gasteiger partial charge is 0.416 e. The zero-order valence-electron chi connectivity index (χ0n) is 9.96. The second kappa shape index (κ2) is 6.22. The van der Waals surface area contributed by atoms with Gasteiger partial charge in [-0.25, -0.2) is 9.18 Å². The highest BCUT2D eigenvalue weighted by molar-refractivity contribution is 5.94. The van der Waals surface area contributed by atoms with Gasteiger partial charge in [0.15, 0.2) is 0 Å². The second-order valence-electron chi connectivity index (χ2n) is 3.65. The van der Waals surface area contributed by atoms with Crippen LogP contribution in [-0.4, -0.2) is 25.2 Å². The molecule has 0 aliphatic rings. The van der Waals surface area contributed by atoms with Crippen molar-refractivity contribution in [3.63, 3.8) is 0 Å². The summed E-state index contributed by atoms with van der Waals surface area (Å²) in [5, 5.41) is 2.15. The molecular formula is C11H10F4N2O3. The molecule has 0 radical (unpaired) electrons. The Kier molecular flexibility index (Phi) is 4.89. The molecule has 9 heteroatoms. The Hall–Kier alpha value is -2.32. The van der Waals surface area contributed by atoms with Crippen molar-refractivity contribution in [2.75, 3.05) is 13.2 Å². The molecule has 1 aromatic carbocycles. The van der Waals surface area contributed by atoms with Crippen LogP contribution in [0.3, 0.4) is 0 Å². The molecule has 0 fully saturated rings. The number of ether oxygens (including phenoxy) is 1. The average molecular weight is 294 g/mol. The van der Waals surface area contributed by atoms with Gasteiger partial charge >= 0.3 is 12.3 Å². The molecule has 2 amide bonds. The lowest BCUT2D eigenvalue weighted by Gasteiger charge is -2.10. The second-order valence-corrected chi connectivity index (χ2v) is 3.65. The van der Waals surface area contributed by atoms with E-state index in [4.69, 9.17) is 0 Å². The Morgan fingerprint density at radius 3 is 2.45 bits per heavy atom. The lowest BCUT2D eigenvalue weighted by molar-refractivity contribution is -0.137. The molecule has 0 aliphatic carbocycles. The van der Waals surface area contributed by atoms with Crippen LogP contribution in [0, 0.1) is 5.82 Å². The predicted octanol–water partition coefficient (Wildman–Crippen LogP) is 1.67. The first kappa shape index (κ1) is 15.7. The zero-order chi connectivity index (χ0) is 15.3. The fourth-order valence-electron chi connectivity index (χ4n) is 1.30. The Labute approximate surface area is 110 Å². The maximum atomic E-state index is 13.0. The Bertz CT molecular complexity index is 517. The summed E-state index contributed by atoms with van der Waals surface area (Å²) < 4.78 is 54.7. The monoisotopic (exact) mass is 294 g/mol. The lowest BCUT2D eigenvalue weighted by Crippen LogP contribution is -2.29. The van der Waals surface area contributed by atoms with Gasteiger partial charge in [-0.2, -0.15) is 13.2 Å². The molecule has 1 aromatic rings. The summed E-state index contributed by atoms with van der Waals surface area (Å²) in [5.41, 5.74) is 2.90. The maximum Gasteiger partial charge on any atom is 0.416 e. The van der Waals surface area contributed by atoms with Gasteiger partial charge in [-0.05, 0) is 18.2 Å². The largest absolute Gasteiger partial charge is 0.448 e. The van der Waals surface area contributed by atoms with E-state index in [1.165, 1.54) is 0 Å². The van der Waals surface area contributed by atoms with Crippen molar-refractivity contribution >= 4 is 12.0 Å². The summed E-state index contributed by atoms with van der Waals surface area (Å²) in [7, 11) is 0. The molecule has 0 aromatic heterocycles. The summed E-state index contributed by atoms with van der Waals surface area (Å²) in [4.78, 5) is 21.7. The molecular weight excluding hydrogens is 284 g/mol. The number of nitrogens with one attached hydrogen (secondary N) is 1. The van der Waals surface area contributed by atoms with Gasteiger partial charge < -0.3 is 15.8 Å². The van der Waals surface area contributed by atoms with Crippen LogP contribution in [0.15, 0.2) is 18.2 Å². The number of nitrogens with two attached hydrogens (primary N) is 1. The summed E-state index contributed by atoms with van der Waals surface area (Å²) in [6, 6.07) is 1.47. The van der Waals surface area contributed by atoms with E-state index in [-0.39, 0.29) is 19.2 Å². The Morgan fingerprint density at radius 1 is 1.25 bits per heavy atom. The van der Waals surface area contributed by atoms with E-state index in [0.717, 1.165) is 0 Å². The van der Waals surface area contributed by atoms with Crippen LogP contribution in [0.4, 0.5) is 22.4 Å². The van der Waals surface area contributed by atoms with Crippen molar-refractivity contribution in [2.24, 2.45) is 5.73 Å². The molecule has 0 spiro atoms. The number of halogens is 4. The highest BCUT2D eigenvalue weighted by Gasteiger charge is 2.31. The van der Waals surface area contributed by atoms with Gasteiger partial charge in [0.1, 0.15) is 12.4 Å². The Morgan fingerprint density at radius 2 is 1.90 bits per heavy atom. The third-order valence-corrected chi connectivity index (χ3v) is 2.12. The minimum absolute atomic E-state index is 0.167. The van der Waals surface area contributed by atoms with Crippen LogP contribution in [0.2, 0.25) is 0 Å². The summed E-state index contributed by atoms with van der Waals surface area (Å²) in [6.45, 7) is -0.415. The normalized spacial score (nSPS) is 11.0. The van der Waals surface area contributed by atoms with Crippen LogP contribution in [0.25, 0.3) is 0 Å². The molecule has 0 unspecified atom stereocenters. The Balaban J connectivity index is 2.73. The van der Waals surface area contributed by atoms with Crippen molar-refractivity contribution < 1.29 is 31.9 Å². The van der Waals surface area contributed by atoms with Crippen LogP contribution < -0.4 is 11.1 Å². The van der Waals surface area contributed by atoms with E-state index in [1.54, 1.807) is 0 Å². The number of carbonyl (C=O) groups excluding carboxylic acids is 2. The van der Waals surface area contributed by atoms with Crippen molar-refractivity contribution in [3.05, 3.63) is 35.1 Å². The van der Waals surface area contributed by atoms with E-state index >= 15 is 0 Å². The molecule has 3 N–H and O–H groups in total. The minimum Gasteiger partial charge on any atom is -0.448 e. The number of amides is 2. The highest BCUT2D eigenvalue weighted by Crippen LogP contribution is 2.30. The first-order chi connectivity index (χ1) is 9.20. The van der Waals surface area contributed by atoms with Gasteiger partial charge in [0.2, 0.25) is 0 Å². The summed E-state index contributed by atoms with van der Waals surface area (Å²) in [6.07, 6.45) is -5.81. The van der Waals surface area contributed by atoms with Crippen LogP contribution in [0.1, 0.15) is 15.9 Å². The topological polar surface area (TPSA) is 81.4 Å². The number of hydrogen-bond acceptors (Lipinski definition) is 3. The molecule has 1 rings (SSSR count). The van der Waals surface area contributed by atoms with Gasteiger partial charge in [-0.1, -0.05) is 0 Å². The molecule has 0 saturated heterocycles. The molecule has 110 valence electrons. The van der Waals surface area contributed by atoms with E-state index in [1.807, 2.05) is 0 Å². The quantitative estimate of drug-likeness (QED) is 0.654. The van der Waals surface area contributed by atoms with E-state index < -0.39 is 35.1 Å². The highest BCUT2D eigenvalue weighted by atomic mass is 19.4. The minimum atomic E-state index is -4.76. The standard InChI is InChI=1S/C11H10F4N2O3/c12-8-4-6(3-7(5-8)11(13,14)15)9(18)17-1-2-20-10(16)19/h3-5H,1-2H2,(H2,16,19)(H,17,18). The van der Waals surface area contributed by atoms with E-state index in [9.17, 15) is 27.2 Å². The van der Waals surface area contributed by atoms with Crippen LogP contribution in [0.5, 0.6) is 0 Å². The molecule has 5 nitrogen and oxygen atoms in total. The van der Waals surface area contributed by atoms with E-state index in [0.29, 0.717) is 12.1 Å². The molecule has 20 heavy (non-hydrogen) atoms. The number of hydrogen-bond donors (Lipinski definition) is 2. The summed E-state index contributed by atoms with van der Waals surface area (Å²) >= 11 is 0. The molecule has 0 aliphatic heterocycles. The number of benzene rings is 1. The SMILES string of the molecule is NC(=O)OCCNC(=O)c1cc(F)cc(C(F)(F)F)c1. The van der Waals surface area contributed by atoms with Crippen molar-refractivity contribution in [1.82, 2.24) is 5.32 Å². The third kappa shape index (κ3) is 4.75. The van der Waals surface area contributed by atoms with Gasteiger partial charge in [0.05, 0.1) is 12.1 Å². The first-order valence-electron chi connectivity index (χ1n) is 5.28. The van der Waals surface area contributed by atoms with Gasteiger partial charge in [0, 0.05) is 5.56 Å². The molecule has 0 bridgehead atoms. The van der Waals surface area contributed by atoms with Gasteiger partial charge in [0.25, 0.3) is 5.91 Å². The van der Waals surface area contributed by atoms with Crippen molar-refractivity contribution in [2.45, 2.75) is 6.18 Å². The lowest BCUT2D eigenvalue weighted by atomic mass is 10.1. The number of carbonyl (C=O) groups is 2. The number of alkyl halides is 3. The van der Waals surface area contributed by atoms with Gasteiger partial charge in [-0.3, -0.25) is 4.79 Å². The zero-order valence-corrected chi connectivity index (χ0v) is 9.96. The molecule has 0 heterocycles. The summed E-state index contributed by atoms with van der Waals surface area (Å²) in [5.74, 6) is -2.11. The molecule has 0 atom stereocenters. The van der Waals surface area contributed by atoms with Crippen LogP contribution >= 0.6 is 0 Å². The maximum absolute atomic E-state index is 13.0. The number of rotatable bonds is 4. The molecule has 0 saturated carbocycles. The third-order valence-electron chi connectivity index (χ3n) is 2.12.